The number of halogens is 1. The Bertz CT molecular complexity index is 395. The standard InChI is InChI=1S/C12H16FNO3/c1-8(14-2)10-5-4-9(13)6-11(10)17-7-12(15)16-3/h4-6,8,14H,7H2,1-3H3. The van der Waals surface area contributed by atoms with Crippen LogP contribution in [-0.4, -0.2) is 26.7 Å². The highest BCUT2D eigenvalue weighted by Crippen LogP contribution is 2.25. The fraction of sp³-hybridized carbons (Fsp3) is 0.417. The van der Waals surface area contributed by atoms with E-state index in [9.17, 15) is 9.18 Å². The van der Waals surface area contributed by atoms with Gasteiger partial charge < -0.3 is 14.8 Å². The molecular formula is C12H16FNO3. The van der Waals surface area contributed by atoms with E-state index in [1.54, 1.807) is 13.1 Å². The average Bonchev–Trinajstić information content (AvgIpc) is 2.35. The SMILES string of the molecule is CNC(C)c1ccc(F)cc1OCC(=O)OC. The molecule has 0 aromatic heterocycles. The second-order valence-electron chi connectivity index (χ2n) is 3.56. The quantitative estimate of drug-likeness (QED) is 0.796. The molecule has 0 aliphatic carbocycles. The van der Waals surface area contributed by atoms with E-state index in [2.05, 4.69) is 10.1 Å². The Hall–Kier alpha value is -1.62. The zero-order chi connectivity index (χ0) is 12.8. The normalized spacial score (nSPS) is 12.0. The van der Waals surface area contributed by atoms with Gasteiger partial charge in [0.1, 0.15) is 11.6 Å². The monoisotopic (exact) mass is 241 g/mol. The number of esters is 1. The van der Waals surface area contributed by atoms with E-state index in [4.69, 9.17) is 4.74 Å². The molecule has 17 heavy (non-hydrogen) atoms. The van der Waals surface area contributed by atoms with E-state index in [-0.39, 0.29) is 12.6 Å². The number of hydrogen-bond acceptors (Lipinski definition) is 4. The Morgan fingerprint density at radius 3 is 2.82 bits per heavy atom. The second-order valence-corrected chi connectivity index (χ2v) is 3.56. The fourth-order valence-electron chi connectivity index (χ4n) is 1.34. The van der Waals surface area contributed by atoms with Crippen molar-refractivity contribution in [3.05, 3.63) is 29.6 Å². The first kappa shape index (κ1) is 13.4. The number of nitrogens with one attached hydrogen (secondary N) is 1. The number of hydrogen-bond donors (Lipinski definition) is 1. The van der Waals surface area contributed by atoms with Gasteiger partial charge in [0.2, 0.25) is 0 Å². The third kappa shape index (κ3) is 3.71. The summed E-state index contributed by atoms with van der Waals surface area (Å²) in [5.41, 5.74) is 0.790. The van der Waals surface area contributed by atoms with Crippen LogP contribution in [0.1, 0.15) is 18.5 Å². The van der Waals surface area contributed by atoms with Crippen molar-refractivity contribution in [3.63, 3.8) is 0 Å². The molecule has 5 heteroatoms. The van der Waals surface area contributed by atoms with Gasteiger partial charge in [-0.1, -0.05) is 6.07 Å². The number of carbonyl (C=O) groups excluding carboxylic acids is 1. The topological polar surface area (TPSA) is 47.6 Å². The Morgan fingerprint density at radius 2 is 2.24 bits per heavy atom. The van der Waals surface area contributed by atoms with Gasteiger partial charge in [0, 0.05) is 17.7 Å². The lowest BCUT2D eigenvalue weighted by Crippen LogP contribution is -2.17. The molecule has 94 valence electrons. The number of methoxy groups -OCH3 is 1. The summed E-state index contributed by atoms with van der Waals surface area (Å²) >= 11 is 0. The molecule has 0 bridgehead atoms. The summed E-state index contributed by atoms with van der Waals surface area (Å²) in [5.74, 6) is -0.563. The smallest absolute Gasteiger partial charge is 0.343 e. The largest absolute Gasteiger partial charge is 0.481 e. The molecule has 1 rings (SSSR count). The first-order chi connectivity index (χ1) is 8.08. The maximum atomic E-state index is 13.1. The number of ether oxygens (including phenoxy) is 2. The predicted octanol–water partition coefficient (Wildman–Crippen LogP) is 1.66. The molecule has 0 aliphatic heterocycles. The van der Waals surface area contributed by atoms with Gasteiger partial charge in [-0.2, -0.15) is 0 Å². The van der Waals surface area contributed by atoms with Crippen molar-refractivity contribution in [2.24, 2.45) is 0 Å². The van der Waals surface area contributed by atoms with E-state index in [1.807, 2.05) is 6.92 Å². The molecule has 4 nitrogen and oxygen atoms in total. The Labute approximate surface area is 99.7 Å². The number of rotatable bonds is 5. The van der Waals surface area contributed by atoms with Crippen molar-refractivity contribution in [2.45, 2.75) is 13.0 Å². The molecule has 0 spiro atoms. The molecule has 1 atom stereocenters. The fourth-order valence-corrected chi connectivity index (χ4v) is 1.34. The van der Waals surface area contributed by atoms with Gasteiger partial charge in [0.15, 0.2) is 6.61 Å². The van der Waals surface area contributed by atoms with Crippen LogP contribution in [0, 0.1) is 5.82 Å². The predicted molar refractivity (Wildman–Crippen MR) is 61.4 cm³/mol. The van der Waals surface area contributed by atoms with Gasteiger partial charge in [0.25, 0.3) is 0 Å². The lowest BCUT2D eigenvalue weighted by Gasteiger charge is -2.16. The lowest BCUT2D eigenvalue weighted by molar-refractivity contribution is -0.142. The summed E-state index contributed by atoms with van der Waals surface area (Å²) < 4.78 is 22.8. The summed E-state index contributed by atoms with van der Waals surface area (Å²) in [4.78, 5) is 11.0. The van der Waals surface area contributed by atoms with Crippen LogP contribution in [0.15, 0.2) is 18.2 Å². The van der Waals surface area contributed by atoms with Crippen LogP contribution >= 0.6 is 0 Å². The van der Waals surface area contributed by atoms with E-state index < -0.39 is 11.8 Å². The minimum Gasteiger partial charge on any atom is -0.481 e. The average molecular weight is 241 g/mol. The van der Waals surface area contributed by atoms with Gasteiger partial charge in [-0.15, -0.1) is 0 Å². The van der Waals surface area contributed by atoms with Crippen molar-refractivity contribution in [3.8, 4) is 5.75 Å². The summed E-state index contributed by atoms with van der Waals surface area (Å²) in [5, 5.41) is 3.02. The third-order valence-electron chi connectivity index (χ3n) is 2.45. The van der Waals surface area contributed by atoms with Crippen molar-refractivity contribution >= 4 is 5.97 Å². The van der Waals surface area contributed by atoms with Crippen LogP contribution in [0.5, 0.6) is 5.75 Å². The highest BCUT2D eigenvalue weighted by molar-refractivity contribution is 5.70. The van der Waals surface area contributed by atoms with Gasteiger partial charge in [0.05, 0.1) is 7.11 Å². The number of benzene rings is 1. The molecule has 0 radical (unpaired) electrons. The Kier molecular flexibility index (Phi) is 4.90. The molecular weight excluding hydrogens is 225 g/mol. The minimum absolute atomic E-state index is 0.00301. The first-order valence-electron chi connectivity index (χ1n) is 5.24. The molecule has 1 aromatic carbocycles. The van der Waals surface area contributed by atoms with Crippen LogP contribution in [0.25, 0.3) is 0 Å². The van der Waals surface area contributed by atoms with Crippen molar-refractivity contribution in [1.82, 2.24) is 5.32 Å². The summed E-state index contributed by atoms with van der Waals surface area (Å²) in [6.45, 7) is 1.68. The summed E-state index contributed by atoms with van der Waals surface area (Å²) in [6, 6.07) is 4.24. The third-order valence-corrected chi connectivity index (χ3v) is 2.45. The molecule has 1 N–H and O–H groups in total. The molecule has 1 unspecified atom stereocenters. The minimum atomic E-state index is -0.502. The molecule has 0 aliphatic rings. The molecule has 0 amide bonds. The lowest BCUT2D eigenvalue weighted by atomic mass is 10.1. The second kappa shape index (κ2) is 6.20. The maximum absolute atomic E-state index is 13.1. The van der Waals surface area contributed by atoms with Crippen LogP contribution in [0.2, 0.25) is 0 Å². The van der Waals surface area contributed by atoms with E-state index in [0.29, 0.717) is 5.75 Å². The molecule has 0 saturated carbocycles. The highest BCUT2D eigenvalue weighted by atomic mass is 19.1. The molecule has 0 saturated heterocycles. The summed E-state index contributed by atoms with van der Waals surface area (Å²) in [6.07, 6.45) is 0. The highest BCUT2D eigenvalue weighted by Gasteiger charge is 2.12. The first-order valence-corrected chi connectivity index (χ1v) is 5.24. The Morgan fingerprint density at radius 1 is 1.53 bits per heavy atom. The van der Waals surface area contributed by atoms with E-state index in [1.165, 1.54) is 19.2 Å². The van der Waals surface area contributed by atoms with E-state index in [0.717, 1.165) is 5.56 Å². The van der Waals surface area contributed by atoms with E-state index >= 15 is 0 Å². The maximum Gasteiger partial charge on any atom is 0.343 e. The van der Waals surface area contributed by atoms with Crippen molar-refractivity contribution < 1.29 is 18.7 Å². The zero-order valence-electron chi connectivity index (χ0n) is 10.1. The van der Waals surface area contributed by atoms with Gasteiger partial charge >= 0.3 is 5.97 Å². The van der Waals surface area contributed by atoms with Crippen LogP contribution in [0.3, 0.4) is 0 Å². The Balaban J connectivity index is 2.87. The number of carbonyl (C=O) groups is 1. The van der Waals surface area contributed by atoms with Crippen molar-refractivity contribution in [2.75, 3.05) is 20.8 Å². The van der Waals surface area contributed by atoms with Crippen LogP contribution in [0.4, 0.5) is 4.39 Å². The zero-order valence-corrected chi connectivity index (χ0v) is 10.1. The van der Waals surface area contributed by atoms with Gasteiger partial charge in [-0.25, -0.2) is 9.18 Å². The summed E-state index contributed by atoms with van der Waals surface area (Å²) in [7, 11) is 3.06. The van der Waals surface area contributed by atoms with Crippen molar-refractivity contribution in [1.29, 1.82) is 0 Å². The molecule has 1 aromatic rings. The van der Waals surface area contributed by atoms with Gasteiger partial charge in [-0.3, -0.25) is 0 Å². The molecule has 0 heterocycles. The van der Waals surface area contributed by atoms with Crippen LogP contribution in [-0.2, 0) is 9.53 Å². The molecule has 0 fully saturated rings. The van der Waals surface area contributed by atoms with Gasteiger partial charge in [-0.05, 0) is 20.0 Å². The van der Waals surface area contributed by atoms with Crippen LogP contribution < -0.4 is 10.1 Å².